The molecule has 27 heavy (non-hydrogen) atoms. The summed E-state index contributed by atoms with van der Waals surface area (Å²) in [5.74, 6) is -1.45. The standard InChI is InChI=1S/C18H19ClF3N3OS/c1-11-16(12-4-6-14(19)7-5-12)24-15(27-11)9-23-17(26)25-8-2-3-13(10-25)18(20,21)22/h4-7,13H,2-3,8-10H2,1H3,(H,23,26)/t13-/m1/s1. The fourth-order valence-corrected chi connectivity index (χ4v) is 4.12. The molecule has 146 valence electrons. The molecule has 1 aliphatic rings. The van der Waals surface area contributed by atoms with Crippen LogP contribution in [0, 0.1) is 12.8 Å². The van der Waals surface area contributed by atoms with Crippen LogP contribution in [-0.2, 0) is 6.54 Å². The topological polar surface area (TPSA) is 45.2 Å². The number of aromatic nitrogens is 1. The summed E-state index contributed by atoms with van der Waals surface area (Å²) in [4.78, 5) is 19.0. The zero-order valence-electron chi connectivity index (χ0n) is 14.6. The summed E-state index contributed by atoms with van der Waals surface area (Å²) < 4.78 is 38.7. The number of nitrogens with zero attached hydrogens (tertiary/aromatic N) is 2. The largest absolute Gasteiger partial charge is 0.393 e. The molecule has 1 aromatic heterocycles. The molecular weight excluding hydrogens is 399 g/mol. The number of thiazole rings is 1. The lowest BCUT2D eigenvalue weighted by molar-refractivity contribution is -0.184. The Labute approximate surface area is 164 Å². The minimum atomic E-state index is -4.27. The van der Waals surface area contributed by atoms with E-state index >= 15 is 0 Å². The Morgan fingerprint density at radius 2 is 2.07 bits per heavy atom. The second-order valence-corrected chi connectivity index (χ2v) is 8.23. The summed E-state index contributed by atoms with van der Waals surface area (Å²) >= 11 is 7.35. The van der Waals surface area contributed by atoms with Crippen LogP contribution in [0.25, 0.3) is 11.3 Å². The van der Waals surface area contributed by atoms with Crippen molar-refractivity contribution in [1.82, 2.24) is 15.2 Å². The van der Waals surface area contributed by atoms with E-state index in [1.807, 2.05) is 19.1 Å². The van der Waals surface area contributed by atoms with Crippen molar-refractivity contribution >= 4 is 29.0 Å². The number of amides is 2. The van der Waals surface area contributed by atoms with Crippen molar-refractivity contribution in [2.75, 3.05) is 13.1 Å². The first-order chi connectivity index (χ1) is 12.7. The van der Waals surface area contributed by atoms with Crippen LogP contribution in [0.15, 0.2) is 24.3 Å². The van der Waals surface area contributed by atoms with Gasteiger partial charge < -0.3 is 10.2 Å². The van der Waals surface area contributed by atoms with Gasteiger partial charge in [0.15, 0.2) is 0 Å². The first kappa shape index (κ1) is 19.9. The lowest BCUT2D eigenvalue weighted by atomic mass is 9.98. The smallest absolute Gasteiger partial charge is 0.331 e. The summed E-state index contributed by atoms with van der Waals surface area (Å²) in [6.45, 7) is 2.17. The van der Waals surface area contributed by atoms with Gasteiger partial charge in [0.2, 0.25) is 0 Å². The second kappa shape index (κ2) is 8.06. The van der Waals surface area contributed by atoms with Crippen LogP contribution in [0.5, 0.6) is 0 Å². The predicted molar refractivity (Wildman–Crippen MR) is 99.9 cm³/mol. The van der Waals surface area contributed by atoms with Gasteiger partial charge in [0.05, 0.1) is 18.2 Å². The molecule has 9 heteroatoms. The highest BCUT2D eigenvalue weighted by Gasteiger charge is 2.42. The Kier molecular flexibility index (Phi) is 5.95. The van der Waals surface area contributed by atoms with E-state index in [0.717, 1.165) is 16.1 Å². The van der Waals surface area contributed by atoms with Crippen LogP contribution < -0.4 is 5.32 Å². The summed E-state index contributed by atoms with van der Waals surface area (Å²) in [6.07, 6.45) is -3.84. The molecule has 2 aromatic rings. The molecule has 1 aromatic carbocycles. The fourth-order valence-electron chi connectivity index (χ4n) is 3.09. The highest BCUT2D eigenvalue weighted by molar-refractivity contribution is 7.12. The third-order valence-corrected chi connectivity index (χ3v) is 5.74. The molecule has 2 heterocycles. The maximum Gasteiger partial charge on any atom is 0.393 e. The lowest BCUT2D eigenvalue weighted by Gasteiger charge is -2.33. The zero-order valence-corrected chi connectivity index (χ0v) is 16.2. The molecule has 0 spiro atoms. The molecule has 0 unspecified atom stereocenters. The van der Waals surface area contributed by atoms with Crippen LogP contribution in [0.2, 0.25) is 5.02 Å². The molecule has 2 amide bonds. The van der Waals surface area contributed by atoms with Gasteiger partial charge in [-0.25, -0.2) is 9.78 Å². The van der Waals surface area contributed by atoms with E-state index < -0.39 is 18.1 Å². The second-order valence-electron chi connectivity index (χ2n) is 6.50. The molecule has 0 radical (unpaired) electrons. The van der Waals surface area contributed by atoms with Gasteiger partial charge >= 0.3 is 12.2 Å². The van der Waals surface area contributed by atoms with E-state index in [1.165, 1.54) is 16.2 Å². The van der Waals surface area contributed by atoms with Gasteiger partial charge in [-0.05, 0) is 31.9 Å². The molecule has 0 saturated carbocycles. The van der Waals surface area contributed by atoms with E-state index in [-0.39, 0.29) is 19.5 Å². The zero-order chi connectivity index (χ0) is 19.6. The van der Waals surface area contributed by atoms with Crippen molar-refractivity contribution in [3.05, 3.63) is 39.2 Å². The van der Waals surface area contributed by atoms with Gasteiger partial charge in [-0.3, -0.25) is 0 Å². The van der Waals surface area contributed by atoms with Crippen LogP contribution in [0.4, 0.5) is 18.0 Å². The Morgan fingerprint density at radius 1 is 1.37 bits per heavy atom. The summed E-state index contributed by atoms with van der Waals surface area (Å²) in [5.41, 5.74) is 1.74. The molecular formula is C18H19ClF3N3OS. The number of carbonyl (C=O) groups excluding carboxylic acids is 1. The third kappa shape index (κ3) is 4.93. The molecule has 3 rings (SSSR count). The van der Waals surface area contributed by atoms with Crippen molar-refractivity contribution in [2.24, 2.45) is 5.92 Å². The number of urea groups is 1. The number of rotatable bonds is 3. The number of nitrogens with one attached hydrogen (secondary N) is 1. The number of carbonyl (C=O) groups is 1. The number of aryl methyl sites for hydroxylation is 1. The van der Waals surface area contributed by atoms with Crippen molar-refractivity contribution in [3.63, 3.8) is 0 Å². The summed E-state index contributed by atoms with van der Waals surface area (Å²) in [6, 6.07) is 6.83. The number of likely N-dealkylation sites (tertiary alicyclic amines) is 1. The number of alkyl halides is 3. The van der Waals surface area contributed by atoms with Gasteiger partial charge in [-0.2, -0.15) is 13.2 Å². The highest BCUT2D eigenvalue weighted by atomic mass is 35.5. The van der Waals surface area contributed by atoms with Gasteiger partial charge in [-0.15, -0.1) is 11.3 Å². The summed E-state index contributed by atoms with van der Waals surface area (Å²) in [7, 11) is 0. The van der Waals surface area contributed by atoms with Crippen LogP contribution in [-0.4, -0.2) is 35.2 Å². The van der Waals surface area contributed by atoms with Crippen molar-refractivity contribution in [1.29, 1.82) is 0 Å². The monoisotopic (exact) mass is 417 g/mol. The van der Waals surface area contributed by atoms with Gasteiger partial charge in [-0.1, -0.05) is 23.7 Å². The molecule has 0 bridgehead atoms. The Bertz CT molecular complexity index is 807. The molecule has 1 saturated heterocycles. The van der Waals surface area contributed by atoms with Gasteiger partial charge in [0.1, 0.15) is 5.01 Å². The minimum absolute atomic E-state index is 0.0728. The normalized spacial score (nSPS) is 17.8. The predicted octanol–water partition coefficient (Wildman–Crippen LogP) is 5.26. The first-order valence-electron chi connectivity index (χ1n) is 8.56. The molecule has 0 aliphatic carbocycles. The highest BCUT2D eigenvalue weighted by Crippen LogP contribution is 2.33. The van der Waals surface area contributed by atoms with Crippen LogP contribution in [0.3, 0.4) is 0 Å². The average Bonchev–Trinajstić information content (AvgIpc) is 3.00. The SMILES string of the molecule is Cc1sc(CNC(=O)N2CCC[C@@H](C(F)(F)F)C2)nc1-c1ccc(Cl)cc1. The van der Waals surface area contributed by atoms with E-state index in [4.69, 9.17) is 11.6 Å². The molecule has 1 N–H and O–H groups in total. The Balaban J connectivity index is 1.61. The number of piperidine rings is 1. The lowest BCUT2D eigenvalue weighted by Crippen LogP contribution is -2.48. The van der Waals surface area contributed by atoms with Gasteiger partial charge in [0.25, 0.3) is 0 Å². The Hall–Kier alpha value is -1.80. The van der Waals surface area contributed by atoms with Crippen LogP contribution in [0.1, 0.15) is 22.7 Å². The number of hydrogen-bond donors (Lipinski definition) is 1. The quantitative estimate of drug-likeness (QED) is 0.740. The van der Waals surface area contributed by atoms with Crippen LogP contribution >= 0.6 is 22.9 Å². The van der Waals surface area contributed by atoms with E-state index in [9.17, 15) is 18.0 Å². The maximum absolute atomic E-state index is 12.9. The maximum atomic E-state index is 12.9. The van der Waals surface area contributed by atoms with Crippen molar-refractivity contribution in [2.45, 2.75) is 32.5 Å². The number of benzene rings is 1. The fraction of sp³-hybridized carbons (Fsp3) is 0.444. The molecule has 4 nitrogen and oxygen atoms in total. The van der Waals surface area contributed by atoms with E-state index in [1.54, 1.807) is 12.1 Å². The average molecular weight is 418 g/mol. The third-order valence-electron chi connectivity index (χ3n) is 4.52. The van der Waals surface area contributed by atoms with Crippen molar-refractivity contribution in [3.8, 4) is 11.3 Å². The molecule has 1 aliphatic heterocycles. The van der Waals surface area contributed by atoms with Crippen molar-refractivity contribution < 1.29 is 18.0 Å². The first-order valence-corrected chi connectivity index (χ1v) is 9.75. The minimum Gasteiger partial charge on any atom is -0.331 e. The molecule has 1 atom stereocenters. The summed E-state index contributed by atoms with van der Waals surface area (Å²) in [5, 5.41) is 4.03. The number of halogens is 4. The van der Waals surface area contributed by atoms with E-state index in [0.29, 0.717) is 23.0 Å². The Morgan fingerprint density at radius 3 is 2.74 bits per heavy atom. The van der Waals surface area contributed by atoms with E-state index in [2.05, 4.69) is 10.3 Å². The van der Waals surface area contributed by atoms with Gasteiger partial charge in [0, 0.05) is 28.6 Å². The number of hydrogen-bond acceptors (Lipinski definition) is 3. The molecule has 1 fully saturated rings.